The van der Waals surface area contributed by atoms with Crippen LogP contribution in [0.5, 0.6) is 0 Å². The average molecular weight is 390 g/mol. The number of halogens is 4. The van der Waals surface area contributed by atoms with Crippen LogP contribution >= 0.6 is 47.2 Å². The van der Waals surface area contributed by atoms with Gasteiger partial charge in [0.25, 0.3) is 0 Å². The number of nitrogens with zero attached hydrogens (tertiary/aromatic N) is 2. The van der Waals surface area contributed by atoms with E-state index in [1.165, 1.54) is 0 Å². The van der Waals surface area contributed by atoms with Crippen molar-refractivity contribution in [3.05, 3.63) is 63.6 Å². The molecule has 1 aliphatic heterocycles. The monoisotopic (exact) mass is 388 g/mol. The lowest BCUT2D eigenvalue weighted by atomic mass is 9.99. The van der Waals surface area contributed by atoms with Gasteiger partial charge in [-0.2, -0.15) is 0 Å². The van der Waals surface area contributed by atoms with Gasteiger partial charge in [-0.3, -0.25) is 4.99 Å². The third-order valence-electron chi connectivity index (χ3n) is 3.67. The first-order chi connectivity index (χ1) is 10.6. The molecule has 0 aliphatic carbocycles. The summed E-state index contributed by atoms with van der Waals surface area (Å²) in [6, 6.07) is 13.5. The zero-order valence-corrected chi connectivity index (χ0v) is 15.6. The molecule has 1 heterocycles. The largest absolute Gasteiger partial charge is 0.372 e. The molecule has 2 aromatic rings. The van der Waals surface area contributed by atoms with Crippen LogP contribution in [0.4, 0.5) is 5.69 Å². The van der Waals surface area contributed by atoms with Crippen LogP contribution in [0.1, 0.15) is 11.1 Å². The molecule has 122 valence electrons. The zero-order chi connectivity index (χ0) is 15.7. The molecular weight excluding hydrogens is 374 g/mol. The van der Waals surface area contributed by atoms with E-state index in [0.717, 1.165) is 29.1 Å². The zero-order valence-electron chi connectivity index (χ0n) is 12.5. The third kappa shape index (κ3) is 3.95. The molecule has 2 aromatic carbocycles. The minimum atomic E-state index is -0.0497. The summed E-state index contributed by atoms with van der Waals surface area (Å²) in [5.74, 6) is 0. The van der Waals surface area contributed by atoms with Crippen molar-refractivity contribution in [3.63, 3.8) is 0 Å². The molecule has 6 heteroatoms. The maximum Gasteiger partial charge on any atom is 0.0755 e. The van der Waals surface area contributed by atoms with Crippen LogP contribution in [0.3, 0.4) is 0 Å². The number of hydrogen-bond donors (Lipinski definition) is 0. The predicted octanol–water partition coefficient (Wildman–Crippen LogP) is 5.31. The summed E-state index contributed by atoms with van der Waals surface area (Å²) in [6.45, 7) is 1.27. The molecule has 0 radical (unpaired) electrons. The average Bonchev–Trinajstić information content (AvgIpc) is 2.48. The van der Waals surface area contributed by atoms with Gasteiger partial charge < -0.3 is 4.90 Å². The van der Waals surface area contributed by atoms with Crippen molar-refractivity contribution >= 4 is 58.6 Å². The summed E-state index contributed by atoms with van der Waals surface area (Å²) in [7, 11) is 2.03. The fourth-order valence-corrected chi connectivity index (χ4v) is 3.32. The molecule has 1 unspecified atom stereocenters. The first-order valence-corrected chi connectivity index (χ1v) is 8.20. The Balaban J connectivity index is 0.00000192. The molecule has 0 saturated heterocycles. The number of benzene rings is 2. The summed E-state index contributed by atoms with van der Waals surface area (Å²) >= 11 is 18.9. The van der Waals surface area contributed by atoms with E-state index >= 15 is 0 Å². The highest BCUT2D eigenvalue weighted by Crippen LogP contribution is 2.30. The van der Waals surface area contributed by atoms with Gasteiger partial charge in [-0.25, -0.2) is 0 Å². The molecule has 23 heavy (non-hydrogen) atoms. The number of aliphatic imine (C=N–C) groups is 1. The Labute approximate surface area is 157 Å². The van der Waals surface area contributed by atoms with Gasteiger partial charge >= 0.3 is 0 Å². The lowest BCUT2D eigenvalue weighted by Gasteiger charge is -2.28. The molecule has 0 spiro atoms. The van der Waals surface area contributed by atoms with E-state index in [9.17, 15) is 0 Å². The Hall–Kier alpha value is -0.930. The van der Waals surface area contributed by atoms with Crippen LogP contribution in [0.15, 0.2) is 47.5 Å². The Kier molecular flexibility index (Phi) is 6.21. The van der Waals surface area contributed by atoms with Crippen LogP contribution < -0.4 is 4.90 Å². The second kappa shape index (κ2) is 7.76. The number of alkyl halides is 1. The van der Waals surface area contributed by atoms with Gasteiger partial charge in [0.2, 0.25) is 0 Å². The van der Waals surface area contributed by atoms with Crippen LogP contribution in [0.25, 0.3) is 0 Å². The number of fused-ring (bicyclic) bond motifs is 1. The quantitative estimate of drug-likeness (QED) is 0.603. The molecule has 0 amide bonds. The molecule has 1 aliphatic rings. The highest BCUT2D eigenvalue weighted by atomic mass is 35.5. The molecule has 0 saturated carbocycles. The fourth-order valence-electron chi connectivity index (χ4n) is 2.64. The number of rotatable bonds is 1. The number of hydrogen-bond acceptors (Lipinski definition) is 2. The third-order valence-corrected chi connectivity index (χ3v) is 4.51. The van der Waals surface area contributed by atoms with Crippen molar-refractivity contribution < 1.29 is 0 Å². The lowest BCUT2D eigenvalue weighted by Crippen LogP contribution is -2.31. The highest BCUT2D eigenvalue weighted by molar-refractivity contribution is 6.36. The molecule has 2 nitrogen and oxygen atoms in total. The van der Waals surface area contributed by atoms with Crippen molar-refractivity contribution in [1.82, 2.24) is 0 Å². The Morgan fingerprint density at radius 3 is 2.57 bits per heavy atom. The van der Waals surface area contributed by atoms with E-state index in [-0.39, 0.29) is 17.8 Å². The standard InChI is InChI=1S/C17H15Cl3N2.ClH/c1-22-10-12(19)9-21-17(13-4-2-3-5-15(13)20)14-8-11(18)6-7-16(14)22;/h2-8,12H,9-10H2,1H3;1H. The van der Waals surface area contributed by atoms with Gasteiger partial charge in [-0.05, 0) is 24.3 Å². The van der Waals surface area contributed by atoms with Crippen molar-refractivity contribution in [2.24, 2.45) is 4.99 Å². The van der Waals surface area contributed by atoms with Gasteiger partial charge in [0.15, 0.2) is 0 Å². The molecule has 0 bridgehead atoms. The summed E-state index contributed by atoms with van der Waals surface area (Å²) in [5, 5.41) is 1.29. The SMILES string of the molecule is CN1CC(Cl)CN=C(c2ccccc2Cl)c2cc(Cl)ccc21.Cl. The minimum Gasteiger partial charge on any atom is -0.372 e. The second-order valence-corrected chi connectivity index (χ2v) is 6.77. The second-order valence-electron chi connectivity index (χ2n) is 5.31. The summed E-state index contributed by atoms with van der Waals surface area (Å²) in [5.41, 5.74) is 3.76. The van der Waals surface area contributed by atoms with Crippen molar-refractivity contribution in [2.75, 3.05) is 25.0 Å². The molecular formula is C17H16Cl4N2. The normalized spacial score (nSPS) is 17.5. The van der Waals surface area contributed by atoms with E-state index in [1.807, 2.05) is 49.5 Å². The van der Waals surface area contributed by atoms with E-state index in [0.29, 0.717) is 16.6 Å². The van der Waals surface area contributed by atoms with Crippen LogP contribution in [-0.2, 0) is 0 Å². The van der Waals surface area contributed by atoms with E-state index in [2.05, 4.69) is 4.90 Å². The van der Waals surface area contributed by atoms with Gasteiger partial charge in [0.05, 0.1) is 17.6 Å². The van der Waals surface area contributed by atoms with Crippen molar-refractivity contribution in [1.29, 1.82) is 0 Å². The lowest BCUT2D eigenvalue weighted by molar-refractivity contribution is 0.798. The molecule has 3 rings (SSSR count). The first kappa shape index (κ1) is 18.4. The van der Waals surface area contributed by atoms with Gasteiger partial charge in [0, 0.05) is 40.5 Å². The Bertz CT molecular complexity index is 730. The summed E-state index contributed by atoms with van der Waals surface area (Å²) in [4.78, 5) is 6.86. The van der Waals surface area contributed by atoms with E-state index < -0.39 is 0 Å². The van der Waals surface area contributed by atoms with Gasteiger partial charge in [-0.15, -0.1) is 24.0 Å². The van der Waals surface area contributed by atoms with Crippen LogP contribution in [0.2, 0.25) is 10.0 Å². The molecule has 0 N–H and O–H groups in total. The maximum atomic E-state index is 6.37. The topological polar surface area (TPSA) is 15.6 Å². The van der Waals surface area contributed by atoms with Crippen LogP contribution in [-0.4, -0.2) is 31.2 Å². The number of anilines is 1. The Morgan fingerprint density at radius 2 is 1.83 bits per heavy atom. The van der Waals surface area contributed by atoms with Gasteiger partial charge in [-0.1, -0.05) is 41.4 Å². The highest BCUT2D eigenvalue weighted by Gasteiger charge is 2.21. The molecule has 1 atom stereocenters. The van der Waals surface area contributed by atoms with Gasteiger partial charge in [0.1, 0.15) is 0 Å². The maximum absolute atomic E-state index is 6.37. The molecule has 0 aromatic heterocycles. The molecule has 0 fully saturated rings. The minimum absolute atomic E-state index is 0. The van der Waals surface area contributed by atoms with Crippen molar-refractivity contribution in [3.8, 4) is 0 Å². The first-order valence-electron chi connectivity index (χ1n) is 7.00. The summed E-state index contributed by atoms with van der Waals surface area (Å²) < 4.78 is 0. The summed E-state index contributed by atoms with van der Waals surface area (Å²) in [6.07, 6.45) is 0. The smallest absolute Gasteiger partial charge is 0.0755 e. The predicted molar refractivity (Wildman–Crippen MR) is 104 cm³/mol. The fraction of sp³-hybridized carbons (Fsp3) is 0.235. The Morgan fingerprint density at radius 1 is 1.09 bits per heavy atom. The van der Waals surface area contributed by atoms with Crippen molar-refractivity contribution in [2.45, 2.75) is 5.38 Å². The van der Waals surface area contributed by atoms with E-state index in [1.54, 1.807) is 0 Å². The van der Waals surface area contributed by atoms with Crippen LogP contribution in [0, 0.1) is 0 Å². The van der Waals surface area contributed by atoms with E-state index in [4.69, 9.17) is 39.8 Å².